The van der Waals surface area contributed by atoms with Crippen LogP contribution in [0, 0.1) is 0 Å². The third-order valence-corrected chi connectivity index (χ3v) is 2.79. The van der Waals surface area contributed by atoms with E-state index in [0.717, 1.165) is 7.05 Å². The van der Waals surface area contributed by atoms with Gasteiger partial charge in [0, 0.05) is 13.2 Å². The molecule has 0 aliphatic rings. The van der Waals surface area contributed by atoms with E-state index in [-0.39, 0.29) is 6.17 Å². The SMILES string of the molecule is CN(C[Si](C)(C)Cl)C(=O)C(F)(F)F. The molecule has 13 heavy (non-hydrogen) atoms. The molecule has 0 aliphatic heterocycles. The Hall–Kier alpha value is -0.233. The Labute approximate surface area is 80.4 Å². The van der Waals surface area contributed by atoms with Gasteiger partial charge in [-0.3, -0.25) is 4.79 Å². The summed E-state index contributed by atoms with van der Waals surface area (Å²) in [5, 5.41) is 0. The Bertz CT molecular complexity index is 201. The lowest BCUT2D eigenvalue weighted by molar-refractivity contribution is -0.183. The minimum Gasteiger partial charge on any atom is -0.339 e. The lowest BCUT2D eigenvalue weighted by atomic mass is 10.5. The van der Waals surface area contributed by atoms with Crippen molar-refractivity contribution in [1.82, 2.24) is 4.90 Å². The maximum Gasteiger partial charge on any atom is 0.471 e. The summed E-state index contributed by atoms with van der Waals surface area (Å²) in [6.07, 6.45) is -4.81. The number of amides is 1. The number of carbonyl (C=O) groups excluding carboxylic acids is 1. The Morgan fingerprint density at radius 2 is 1.85 bits per heavy atom. The molecule has 0 saturated heterocycles. The molecule has 78 valence electrons. The number of rotatable bonds is 2. The lowest BCUT2D eigenvalue weighted by Gasteiger charge is -2.23. The van der Waals surface area contributed by atoms with Crippen LogP contribution in [0.3, 0.4) is 0 Å². The number of nitrogens with zero attached hydrogens (tertiary/aromatic N) is 1. The van der Waals surface area contributed by atoms with Gasteiger partial charge in [0.1, 0.15) is 0 Å². The normalized spacial score (nSPS) is 12.8. The largest absolute Gasteiger partial charge is 0.471 e. The Morgan fingerprint density at radius 1 is 1.46 bits per heavy atom. The zero-order chi connectivity index (χ0) is 10.9. The molecule has 0 saturated carbocycles. The quantitative estimate of drug-likeness (QED) is 0.528. The predicted molar refractivity (Wildman–Crippen MR) is 47.0 cm³/mol. The molecule has 0 aliphatic carbocycles. The van der Waals surface area contributed by atoms with Gasteiger partial charge in [0.05, 0.1) is 0 Å². The zero-order valence-electron chi connectivity index (χ0n) is 7.57. The van der Waals surface area contributed by atoms with E-state index in [9.17, 15) is 18.0 Å². The van der Waals surface area contributed by atoms with E-state index < -0.39 is 19.5 Å². The van der Waals surface area contributed by atoms with Crippen molar-refractivity contribution < 1.29 is 18.0 Å². The first-order valence-corrected chi connectivity index (χ1v) is 7.77. The van der Waals surface area contributed by atoms with Crippen molar-refractivity contribution in [2.24, 2.45) is 0 Å². The molecule has 0 aromatic carbocycles. The Morgan fingerprint density at radius 3 is 2.08 bits per heavy atom. The molecule has 0 atom stereocenters. The summed E-state index contributed by atoms with van der Waals surface area (Å²) in [6.45, 7) is 3.35. The maximum atomic E-state index is 11.9. The van der Waals surface area contributed by atoms with Gasteiger partial charge in [0.15, 0.2) is 7.38 Å². The molecular weight excluding hydrogens is 223 g/mol. The van der Waals surface area contributed by atoms with Gasteiger partial charge >= 0.3 is 12.1 Å². The zero-order valence-corrected chi connectivity index (χ0v) is 9.33. The van der Waals surface area contributed by atoms with Gasteiger partial charge < -0.3 is 4.90 Å². The second-order valence-corrected chi connectivity index (χ2v) is 10.2. The molecule has 0 heterocycles. The number of halogens is 4. The Kier molecular flexibility index (Phi) is 3.80. The summed E-state index contributed by atoms with van der Waals surface area (Å²) in [5.74, 6) is -1.84. The van der Waals surface area contributed by atoms with Crippen molar-refractivity contribution in [3.63, 3.8) is 0 Å². The number of hydrogen-bond donors (Lipinski definition) is 0. The van der Waals surface area contributed by atoms with Gasteiger partial charge in [-0.05, 0) is 0 Å². The van der Waals surface area contributed by atoms with Crippen LogP contribution in [-0.4, -0.2) is 37.6 Å². The molecular formula is C6H11ClF3NOSi. The summed E-state index contributed by atoms with van der Waals surface area (Å²) in [5.41, 5.74) is 0. The van der Waals surface area contributed by atoms with Crippen molar-refractivity contribution in [2.75, 3.05) is 13.2 Å². The fourth-order valence-corrected chi connectivity index (χ4v) is 2.66. The van der Waals surface area contributed by atoms with Crippen LogP contribution in [0.1, 0.15) is 0 Å². The van der Waals surface area contributed by atoms with Crippen molar-refractivity contribution in [1.29, 1.82) is 0 Å². The molecule has 2 nitrogen and oxygen atoms in total. The van der Waals surface area contributed by atoms with E-state index in [1.807, 2.05) is 0 Å². The fraction of sp³-hybridized carbons (Fsp3) is 0.833. The van der Waals surface area contributed by atoms with Crippen molar-refractivity contribution in [3.8, 4) is 0 Å². The maximum absolute atomic E-state index is 11.9. The van der Waals surface area contributed by atoms with E-state index in [0.29, 0.717) is 4.90 Å². The monoisotopic (exact) mass is 233 g/mol. The smallest absolute Gasteiger partial charge is 0.339 e. The lowest BCUT2D eigenvalue weighted by Crippen LogP contribution is -2.45. The molecule has 0 radical (unpaired) electrons. The van der Waals surface area contributed by atoms with Crippen LogP contribution in [0.5, 0.6) is 0 Å². The molecule has 0 spiro atoms. The van der Waals surface area contributed by atoms with Gasteiger partial charge in [-0.15, -0.1) is 0 Å². The van der Waals surface area contributed by atoms with Crippen molar-refractivity contribution in [3.05, 3.63) is 0 Å². The highest BCUT2D eigenvalue weighted by molar-refractivity contribution is 7.19. The summed E-state index contributed by atoms with van der Waals surface area (Å²) in [4.78, 5) is 11.2. The van der Waals surface area contributed by atoms with Crippen molar-refractivity contribution in [2.45, 2.75) is 19.3 Å². The summed E-state index contributed by atoms with van der Waals surface area (Å²) < 4.78 is 35.6. The van der Waals surface area contributed by atoms with Gasteiger partial charge in [0.2, 0.25) is 0 Å². The van der Waals surface area contributed by atoms with Crippen LogP contribution in [0.15, 0.2) is 0 Å². The molecule has 0 aromatic heterocycles. The van der Waals surface area contributed by atoms with Crippen LogP contribution in [0.2, 0.25) is 13.1 Å². The van der Waals surface area contributed by atoms with Crippen LogP contribution in [0.4, 0.5) is 13.2 Å². The van der Waals surface area contributed by atoms with E-state index in [1.54, 1.807) is 13.1 Å². The minimum absolute atomic E-state index is 0.00704. The molecule has 0 rings (SSSR count). The summed E-state index contributed by atoms with van der Waals surface area (Å²) in [7, 11) is -1.08. The number of hydrogen-bond acceptors (Lipinski definition) is 1. The van der Waals surface area contributed by atoms with Gasteiger partial charge in [0.25, 0.3) is 0 Å². The molecule has 7 heteroatoms. The first-order valence-electron chi connectivity index (χ1n) is 3.55. The fourth-order valence-electron chi connectivity index (χ4n) is 0.852. The average molecular weight is 234 g/mol. The Balaban J connectivity index is 4.30. The first-order chi connectivity index (χ1) is 5.54. The van der Waals surface area contributed by atoms with Gasteiger partial charge in [-0.1, -0.05) is 13.1 Å². The molecule has 0 fully saturated rings. The highest BCUT2D eigenvalue weighted by Crippen LogP contribution is 2.19. The average Bonchev–Trinajstić information content (AvgIpc) is 1.79. The molecule has 0 N–H and O–H groups in total. The summed E-state index contributed by atoms with van der Waals surface area (Å²) in [6, 6.07) is 0. The molecule has 1 amide bonds. The van der Waals surface area contributed by atoms with E-state index in [4.69, 9.17) is 11.1 Å². The van der Waals surface area contributed by atoms with Crippen LogP contribution in [-0.2, 0) is 4.79 Å². The van der Waals surface area contributed by atoms with E-state index >= 15 is 0 Å². The highest BCUT2D eigenvalue weighted by Gasteiger charge is 2.42. The first kappa shape index (κ1) is 12.8. The highest BCUT2D eigenvalue weighted by atomic mass is 35.6. The van der Waals surface area contributed by atoms with Crippen molar-refractivity contribution >= 4 is 24.4 Å². The predicted octanol–water partition coefficient (Wildman–Crippen LogP) is 1.99. The topological polar surface area (TPSA) is 20.3 Å². The van der Waals surface area contributed by atoms with Gasteiger partial charge in [-0.25, -0.2) is 0 Å². The van der Waals surface area contributed by atoms with Crippen LogP contribution < -0.4 is 0 Å². The van der Waals surface area contributed by atoms with Crippen LogP contribution in [0.25, 0.3) is 0 Å². The van der Waals surface area contributed by atoms with E-state index in [1.165, 1.54) is 0 Å². The standard InChI is InChI=1S/C6H11ClF3NOSi/c1-11(4-13(2,3)7)5(12)6(8,9)10/h4H2,1-3H3. The third kappa shape index (κ3) is 5.15. The van der Waals surface area contributed by atoms with Crippen LogP contribution >= 0.6 is 11.1 Å². The van der Waals surface area contributed by atoms with Gasteiger partial charge in [-0.2, -0.15) is 24.3 Å². The number of alkyl halides is 3. The summed E-state index contributed by atoms with van der Waals surface area (Å²) >= 11 is 5.80. The second kappa shape index (κ2) is 3.87. The molecule has 0 aromatic rings. The molecule has 0 bridgehead atoms. The third-order valence-electron chi connectivity index (χ3n) is 1.20. The minimum atomic E-state index is -4.80. The number of carbonyl (C=O) groups is 1. The molecule has 0 unspecified atom stereocenters. The van der Waals surface area contributed by atoms with E-state index in [2.05, 4.69) is 0 Å². The second-order valence-electron chi connectivity index (χ2n) is 3.38.